The number of pyridine rings is 1. The Bertz CT molecular complexity index is 335. The summed E-state index contributed by atoms with van der Waals surface area (Å²) in [6.07, 6.45) is 0.339. The van der Waals surface area contributed by atoms with Gasteiger partial charge in [-0.25, -0.2) is 4.98 Å². The highest BCUT2D eigenvalue weighted by Gasteiger charge is 2.11. The summed E-state index contributed by atoms with van der Waals surface area (Å²) in [6, 6.07) is 3.98. The molecular weight excluding hydrogens is 200 g/mol. The van der Waals surface area contributed by atoms with Gasteiger partial charge in [-0.15, -0.1) is 0 Å². The summed E-state index contributed by atoms with van der Waals surface area (Å²) in [6.45, 7) is 10.1. The Morgan fingerprint density at radius 3 is 2.31 bits per heavy atom. The lowest BCUT2D eigenvalue weighted by atomic mass is 10.1. The van der Waals surface area contributed by atoms with Crippen molar-refractivity contribution in [3.05, 3.63) is 23.4 Å². The quantitative estimate of drug-likeness (QED) is 0.832. The minimum atomic E-state index is -0.391. The maximum atomic E-state index is 9.80. The standard InChI is InChI=1S/C13H22N2O/c1-5-12(16)11-8-9-13(14-10(11)4)15(6-2)7-3/h8-9,12,16H,5-7H2,1-4H3. The zero-order valence-electron chi connectivity index (χ0n) is 10.7. The van der Waals surface area contributed by atoms with Crippen molar-refractivity contribution < 1.29 is 5.11 Å². The second kappa shape index (κ2) is 5.85. The van der Waals surface area contributed by atoms with Gasteiger partial charge in [0.15, 0.2) is 0 Å². The fourth-order valence-electron chi connectivity index (χ4n) is 1.85. The van der Waals surface area contributed by atoms with E-state index in [1.54, 1.807) is 0 Å². The van der Waals surface area contributed by atoms with Crippen LogP contribution in [0.25, 0.3) is 0 Å². The SMILES string of the molecule is CCC(O)c1ccc(N(CC)CC)nc1C. The van der Waals surface area contributed by atoms with Crippen molar-refractivity contribution in [2.75, 3.05) is 18.0 Å². The van der Waals surface area contributed by atoms with Crippen LogP contribution in [0.3, 0.4) is 0 Å². The lowest BCUT2D eigenvalue weighted by Crippen LogP contribution is -2.23. The van der Waals surface area contributed by atoms with Gasteiger partial charge in [-0.05, 0) is 33.3 Å². The molecule has 3 heteroatoms. The normalized spacial score (nSPS) is 12.6. The molecule has 0 aliphatic heterocycles. The fraction of sp³-hybridized carbons (Fsp3) is 0.615. The molecule has 0 radical (unpaired) electrons. The highest BCUT2D eigenvalue weighted by atomic mass is 16.3. The van der Waals surface area contributed by atoms with Crippen LogP contribution in [0.15, 0.2) is 12.1 Å². The molecule has 0 saturated carbocycles. The second-order valence-electron chi connectivity index (χ2n) is 3.94. The zero-order valence-corrected chi connectivity index (χ0v) is 10.7. The van der Waals surface area contributed by atoms with Gasteiger partial charge in [0.1, 0.15) is 5.82 Å². The minimum absolute atomic E-state index is 0.391. The number of rotatable bonds is 5. The molecule has 0 bridgehead atoms. The van der Waals surface area contributed by atoms with Crippen LogP contribution in [0.5, 0.6) is 0 Å². The van der Waals surface area contributed by atoms with Gasteiger partial charge in [0.25, 0.3) is 0 Å². The average molecular weight is 222 g/mol. The summed E-state index contributed by atoms with van der Waals surface area (Å²) < 4.78 is 0. The molecule has 0 amide bonds. The largest absolute Gasteiger partial charge is 0.388 e. The van der Waals surface area contributed by atoms with Crippen LogP contribution in [0, 0.1) is 6.92 Å². The zero-order chi connectivity index (χ0) is 12.1. The van der Waals surface area contributed by atoms with E-state index in [9.17, 15) is 5.11 Å². The minimum Gasteiger partial charge on any atom is -0.388 e. The smallest absolute Gasteiger partial charge is 0.128 e. The van der Waals surface area contributed by atoms with Crippen LogP contribution in [-0.2, 0) is 0 Å². The van der Waals surface area contributed by atoms with Crippen molar-refractivity contribution in [3.63, 3.8) is 0 Å². The lowest BCUT2D eigenvalue weighted by Gasteiger charge is -2.21. The molecule has 1 atom stereocenters. The molecule has 1 unspecified atom stereocenters. The number of aryl methyl sites for hydroxylation is 1. The molecular formula is C13H22N2O. The maximum absolute atomic E-state index is 9.80. The van der Waals surface area contributed by atoms with E-state index < -0.39 is 6.10 Å². The Morgan fingerprint density at radius 1 is 1.25 bits per heavy atom. The van der Waals surface area contributed by atoms with Crippen LogP contribution in [0.2, 0.25) is 0 Å². The Morgan fingerprint density at radius 2 is 1.88 bits per heavy atom. The Kier molecular flexibility index (Phi) is 4.74. The molecule has 1 N–H and O–H groups in total. The van der Waals surface area contributed by atoms with E-state index in [1.807, 2.05) is 26.0 Å². The molecule has 90 valence electrons. The van der Waals surface area contributed by atoms with Crippen molar-refractivity contribution in [2.24, 2.45) is 0 Å². The highest BCUT2D eigenvalue weighted by molar-refractivity contribution is 5.41. The van der Waals surface area contributed by atoms with Crippen molar-refractivity contribution >= 4 is 5.82 Å². The molecule has 16 heavy (non-hydrogen) atoms. The van der Waals surface area contributed by atoms with E-state index in [4.69, 9.17) is 0 Å². The summed E-state index contributed by atoms with van der Waals surface area (Å²) in [7, 11) is 0. The third-order valence-corrected chi connectivity index (χ3v) is 2.95. The summed E-state index contributed by atoms with van der Waals surface area (Å²) in [5, 5.41) is 9.80. The molecule has 1 rings (SSSR count). The molecule has 1 heterocycles. The van der Waals surface area contributed by atoms with Crippen LogP contribution in [-0.4, -0.2) is 23.2 Å². The third-order valence-electron chi connectivity index (χ3n) is 2.95. The molecule has 0 aromatic carbocycles. The molecule has 1 aromatic rings. The summed E-state index contributed by atoms with van der Waals surface area (Å²) in [5.41, 5.74) is 1.87. The average Bonchev–Trinajstić information content (AvgIpc) is 2.30. The first-order chi connectivity index (χ1) is 7.63. The van der Waals surface area contributed by atoms with E-state index in [0.29, 0.717) is 0 Å². The maximum Gasteiger partial charge on any atom is 0.128 e. The van der Waals surface area contributed by atoms with Crippen molar-refractivity contribution in [2.45, 2.75) is 40.2 Å². The number of hydrogen-bond acceptors (Lipinski definition) is 3. The van der Waals surface area contributed by atoms with E-state index in [1.165, 1.54) is 0 Å². The second-order valence-corrected chi connectivity index (χ2v) is 3.94. The summed E-state index contributed by atoms with van der Waals surface area (Å²) in [4.78, 5) is 6.75. The van der Waals surface area contributed by atoms with Gasteiger partial charge in [0.2, 0.25) is 0 Å². The lowest BCUT2D eigenvalue weighted by molar-refractivity contribution is 0.172. The van der Waals surface area contributed by atoms with E-state index in [2.05, 4.69) is 23.7 Å². The van der Waals surface area contributed by atoms with Gasteiger partial charge in [-0.1, -0.05) is 13.0 Å². The third kappa shape index (κ3) is 2.73. The molecule has 1 aromatic heterocycles. The molecule has 0 saturated heterocycles. The molecule has 3 nitrogen and oxygen atoms in total. The van der Waals surface area contributed by atoms with Crippen LogP contribution in [0.1, 0.15) is 44.6 Å². The van der Waals surface area contributed by atoms with Gasteiger partial charge in [-0.3, -0.25) is 0 Å². The number of aliphatic hydroxyl groups is 1. The van der Waals surface area contributed by atoms with Crippen molar-refractivity contribution in [1.82, 2.24) is 4.98 Å². The summed E-state index contributed by atoms with van der Waals surface area (Å²) >= 11 is 0. The van der Waals surface area contributed by atoms with E-state index in [-0.39, 0.29) is 0 Å². The van der Waals surface area contributed by atoms with Gasteiger partial charge in [-0.2, -0.15) is 0 Å². The van der Waals surface area contributed by atoms with Gasteiger partial charge in [0.05, 0.1) is 6.10 Å². The fourth-order valence-corrected chi connectivity index (χ4v) is 1.85. The highest BCUT2D eigenvalue weighted by Crippen LogP contribution is 2.22. The Labute approximate surface area is 98.1 Å². The van der Waals surface area contributed by atoms with Crippen molar-refractivity contribution in [1.29, 1.82) is 0 Å². The topological polar surface area (TPSA) is 36.4 Å². The van der Waals surface area contributed by atoms with Gasteiger partial charge in [0, 0.05) is 24.3 Å². The van der Waals surface area contributed by atoms with Crippen LogP contribution in [0.4, 0.5) is 5.82 Å². The Hall–Kier alpha value is -1.09. The predicted molar refractivity (Wildman–Crippen MR) is 67.8 cm³/mol. The number of hydrogen-bond donors (Lipinski definition) is 1. The molecule has 0 fully saturated rings. The number of aliphatic hydroxyl groups excluding tert-OH is 1. The predicted octanol–water partition coefficient (Wildman–Crippen LogP) is 2.68. The molecule has 0 aliphatic rings. The first kappa shape index (κ1) is 13.0. The number of nitrogens with zero attached hydrogens (tertiary/aromatic N) is 2. The Balaban J connectivity index is 2.98. The van der Waals surface area contributed by atoms with Crippen LogP contribution < -0.4 is 4.90 Å². The first-order valence-electron chi connectivity index (χ1n) is 6.04. The monoisotopic (exact) mass is 222 g/mol. The van der Waals surface area contributed by atoms with Gasteiger partial charge >= 0.3 is 0 Å². The number of aromatic nitrogens is 1. The molecule has 0 aliphatic carbocycles. The van der Waals surface area contributed by atoms with Gasteiger partial charge < -0.3 is 10.0 Å². The van der Waals surface area contributed by atoms with E-state index in [0.717, 1.165) is 36.6 Å². The van der Waals surface area contributed by atoms with Crippen molar-refractivity contribution in [3.8, 4) is 0 Å². The van der Waals surface area contributed by atoms with Crippen LogP contribution >= 0.6 is 0 Å². The first-order valence-corrected chi connectivity index (χ1v) is 6.04. The molecule has 0 spiro atoms. The number of anilines is 1. The van der Waals surface area contributed by atoms with E-state index >= 15 is 0 Å². The summed E-state index contributed by atoms with van der Waals surface area (Å²) in [5.74, 6) is 0.995.